The molecule has 6 aromatic rings. The monoisotopic (exact) mass is 572 g/mol. The molecule has 0 atom stereocenters. The molecule has 0 N–H and O–H groups in total. The van der Waals surface area contributed by atoms with Gasteiger partial charge in [0.25, 0.3) is 0 Å². The van der Waals surface area contributed by atoms with Crippen molar-refractivity contribution in [2.75, 3.05) is 0 Å². The van der Waals surface area contributed by atoms with Gasteiger partial charge in [-0.25, -0.2) is 0 Å². The van der Waals surface area contributed by atoms with Crippen molar-refractivity contribution in [2.24, 2.45) is 0 Å². The first-order valence-electron chi connectivity index (χ1n) is 10.0. The molecule has 0 aliphatic heterocycles. The molecule has 6 rings (SSSR count). The standard InChI is InChI=1S/C26H15.2Sn.5H/c1-2-7-19-13-24-16-26-22(14-23(24)12-18(19)6-1)10-9-21-11-17-5-3-4-8-20(17)15-25(21)26;;;;;;;/h1-7,9-16H;;;;;;;. The molecule has 0 saturated heterocycles. The number of benzene rings is 6. The average Bonchev–Trinajstić information content (AvgIpc) is 2.74. The molecule has 0 radical (unpaired) electrons. The Balaban J connectivity index is 1.76. The summed E-state index contributed by atoms with van der Waals surface area (Å²) in [6, 6.07) is 34.5. The van der Waals surface area contributed by atoms with E-state index in [-0.39, 0.29) is 0 Å². The molecule has 132 valence electrons. The van der Waals surface area contributed by atoms with Gasteiger partial charge in [-0.3, -0.25) is 0 Å². The first-order chi connectivity index (χ1) is 13.8. The van der Waals surface area contributed by atoms with Crippen LogP contribution in [0, 0.1) is 0 Å². The molecule has 0 aliphatic rings. The third kappa shape index (κ3) is 2.65. The van der Waals surface area contributed by atoms with Crippen molar-refractivity contribution in [1.29, 1.82) is 0 Å². The SMILES string of the molecule is [SnH3][SnH2][c]1cccc2cc3ccc4cc5cc6ccccc6cc5cc4c3cc12. The summed E-state index contributed by atoms with van der Waals surface area (Å²) in [4.78, 5) is 0. The third-order valence-electron chi connectivity index (χ3n) is 6.13. The van der Waals surface area contributed by atoms with Gasteiger partial charge in [-0.1, -0.05) is 0 Å². The van der Waals surface area contributed by atoms with Crippen LogP contribution in [0.1, 0.15) is 0 Å². The minimum absolute atomic E-state index is 0.642. The average molecular weight is 570 g/mol. The molecule has 0 bridgehead atoms. The summed E-state index contributed by atoms with van der Waals surface area (Å²) in [5, 5.41) is 13.7. The van der Waals surface area contributed by atoms with Crippen LogP contribution >= 0.6 is 0 Å². The van der Waals surface area contributed by atoms with Crippen molar-refractivity contribution in [3.63, 3.8) is 0 Å². The number of fused-ring (bicyclic) bond motifs is 6. The molecule has 0 saturated carbocycles. The Morgan fingerprint density at radius 2 is 0.964 bits per heavy atom. The van der Waals surface area contributed by atoms with E-state index in [9.17, 15) is 0 Å². The van der Waals surface area contributed by atoms with E-state index >= 15 is 0 Å². The first-order valence-corrected chi connectivity index (χ1v) is 43.1. The summed E-state index contributed by atoms with van der Waals surface area (Å²) >= 11 is 0.224. The van der Waals surface area contributed by atoms with E-state index in [4.69, 9.17) is 0 Å². The topological polar surface area (TPSA) is 0 Å². The fourth-order valence-corrected chi connectivity index (χ4v) is 19.5. The maximum absolute atomic E-state index is 2.49. The van der Waals surface area contributed by atoms with E-state index in [2.05, 4.69) is 91.0 Å². The third-order valence-corrected chi connectivity index (χ3v) is 24.6. The molecule has 0 aromatic heterocycles. The summed E-state index contributed by atoms with van der Waals surface area (Å²) in [6.45, 7) is 0. The Kier molecular flexibility index (Phi) is 4.05. The van der Waals surface area contributed by atoms with Crippen molar-refractivity contribution >= 4 is 93.2 Å². The van der Waals surface area contributed by atoms with Gasteiger partial charge in [0.05, 0.1) is 0 Å². The quantitative estimate of drug-likeness (QED) is 0.155. The summed E-state index contributed by atoms with van der Waals surface area (Å²) in [7, 11) is 0. The van der Waals surface area contributed by atoms with Gasteiger partial charge in [0.2, 0.25) is 0 Å². The molecule has 0 spiro atoms. The van der Waals surface area contributed by atoms with E-state index < -0.39 is 17.2 Å². The molecule has 0 fully saturated rings. The maximum atomic E-state index is 2.49. The molecule has 0 aliphatic carbocycles. The Morgan fingerprint density at radius 1 is 0.429 bits per heavy atom. The Hall–Kier alpha value is -1.78. The van der Waals surface area contributed by atoms with Crippen LogP contribution in [0.4, 0.5) is 0 Å². The summed E-state index contributed by atoms with van der Waals surface area (Å²) in [5.41, 5.74) is 0. The Morgan fingerprint density at radius 3 is 1.68 bits per heavy atom. The van der Waals surface area contributed by atoms with Crippen LogP contribution in [-0.4, -0.2) is 35.8 Å². The van der Waals surface area contributed by atoms with Crippen LogP contribution in [0.5, 0.6) is 0 Å². The number of hydrogen-bond donors (Lipinski definition) is 0. The zero-order valence-corrected chi connectivity index (χ0v) is 25.6. The van der Waals surface area contributed by atoms with Crippen LogP contribution in [-0.2, 0) is 0 Å². The van der Waals surface area contributed by atoms with Crippen LogP contribution in [0.3, 0.4) is 0 Å². The predicted molar refractivity (Wildman–Crippen MR) is 132 cm³/mol. The second-order valence-corrected chi connectivity index (χ2v) is 25.5. The van der Waals surface area contributed by atoms with E-state index in [0.717, 1.165) is 18.6 Å². The minimum atomic E-state index is -0.642. The van der Waals surface area contributed by atoms with Gasteiger partial charge in [-0.05, 0) is 0 Å². The van der Waals surface area contributed by atoms with Crippen LogP contribution in [0.2, 0.25) is 0 Å². The molecule has 28 heavy (non-hydrogen) atoms. The summed E-state index contributed by atoms with van der Waals surface area (Å²) < 4.78 is 1.72. The zero-order chi connectivity index (χ0) is 18.7. The van der Waals surface area contributed by atoms with Crippen LogP contribution < -0.4 is 3.58 Å². The second kappa shape index (κ2) is 6.63. The van der Waals surface area contributed by atoms with E-state index in [1.54, 1.807) is 3.58 Å². The van der Waals surface area contributed by atoms with Gasteiger partial charge in [0, 0.05) is 0 Å². The molecular formula is C26H20Sn2. The van der Waals surface area contributed by atoms with E-state index in [1.165, 1.54) is 53.9 Å². The van der Waals surface area contributed by atoms with Gasteiger partial charge in [-0.15, -0.1) is 0 Å². The Labute approximate surface area is 182 Å². The summed E-state index contributed by atoms with van der Waals surface area (Å²) in [6.07, 6.45) is 0. The van der Waals surface area contributed by atoms with Gasteiger partial charge in [0.15, 0.2) is 0 Å². The van der Waals surface area contributed by atoms with Crippen molar-refractivity contribution in [3.05, 3.63) is 91.0 Å². The summed E-state index contributed by atoms with van der Waals surface area (Å²) in [5.74, 6) is 0. The van der Waals surface area contributed by atoms with Crippen LogP contribution in [0.15, 0.2) is 91.0 Å². The van der Waals surface area contributed by atoms with Gasteiger partial charge in [0.1, 0.15) is 0 Å². The molecule has 6 aromatic carbocycles. The fraction of sp³-hybridized carbons (Fsp3) is 0. The zero-order valence-electron chi connectivity index (χ0n) is 15.9. The van der Waals surface area contributed by atoms with Crippen molar-refractivity contribution in [1.82, 2.24) is 0 Å². The molecular weight excluding hydrogens is 550 g/mol. The molecule has 0 unspecified atom stereocenters. The fourth-order valence-electron chi connectivity index (χ4n) is 4.65. The molecule has 2 heteroatoms. The number of hydrogen-bond acceptors (Lipinski definition) is 0. The van der Waals surface area contributed by atoms with E-state index in [1.807, 2.05) is 0 Å². The second-order valence-electron chi connectivity index (χ2n) is 7.75. The molecule has 0 nitrogen and oxygen atoms in total. The predicted octanol–water partition coefficient (Wildman–Crippen LogP) is 4.53. The van der Waals surface area contributed by atoms with Crippen LogP contribution in [0.25, 0.3) is 53.9 Å². The normalized spacial score (nSPS) is 12.4. The first kappa shape index (κ1) is 17.1. The van der Waals surface area contributed by atoms with Gasteiger partial charge < -0.3 is 0 Å². The Bertz CT molecular complexity index is 1550. The van der Waals surface area contributed by atoms with Crippen molar-refractivity contribution in [2.45, 2.75) is 0 Å². The number of rotatable bonds is 1. The van der Waals surface area contributed by atoms with Crippen molar-refractivity contribution in [3.8, 4) is 0 Å². The van der Waals surface area contributed by atoms with E-state index in [0.29, 0.717) is 0 Å². The van der Waals surface area contributed by atoms with Crippen molar-refractivity contribution < 1.29 is 0 Å². The molecule has 0 amide bonds. The van der Waals surface area contributed by atoms with Gasteiger partial charge >= 0.3 is 184 Å². The van der Waals surface area contributed by atoms with Gasteiger partial charge in [-0.2, -0.15) is 0 Å². The molecule has 0 heterocycles.